The van der Waals surface area contributed by atoms with Gasteiger partial charge in [-0.05, 0) is 12.0 Å². The van der Waals surface area contributed by atoms with Crippen molar-refractivity contribution in [2.24, 2.45) is 0 Å². The summed E-state index contributed by atoms with van der Waals surface area (Å²) in [6.07, 6.45) is 0.687. The van der Waals surface area contributed by atoms with Crippen LogP contribution in [-0.4, -0.2) is 30.0 Å². The van der Waals surface area contributed by atoms with E-state index in [1.165, 1.54) is 5.56 Å². The van der Waals surface area contributed by atoms with E-state index in [2.05, 4.69) is 23.1 Å². The van der Waals surface area contributed by atoms with Gasteiger partial charge in [0.25, 0.3) is 5.89 Å². The average molecular weight is 260 g/mol. The zero-order valence-corrected chi connectivity index (χ0v) is 10.8. The predicted molar refractivity (Wildman–Crippen MR) is 68.6 cm³/mol. The molecule has 5 nitrogen and oxygen atoms in total. The van der Waals surface area contributed by atoms with Crippen molar-refractivity contribution in [1.29, 1.82) is 0 Å². The maximum Gasteiger partial charge on any atom is 0.258 e. The Morgan fingerprint density at radius 3 is 2.95 bits per heavy atom. The first-order chi connectivity index (χ1) is 9.38. The molecule has 0 amide bonds. The lowest BCUT2D eigenvalue weighted by molar-refractivity contribution is -0.101. The molecule has 3 rings (SSSR count). The van der Waals surface area contributed by atoms with Crippen LogP contribution < -0.4 is 0 Å². The number of aryl methyl sites for hydroxylation is 1. The van der Waals surface area contributed by atoms with Crippen molar-refractivity contribution >= 4 is 0 Å². The highest BCUT2D eigenvalue weighted by atomic mass is 16.6. The van der Waals surface area contributed by atoms with Gasteiger partial charge in [-0.1, -0.05) is 36.3 Å². The van der Waals surface area contributed by atoms with Gasteiger partial charge in [0.15, 0.2) is 6.10 Å². The number of rotatable bonds is 3. The molecule has 0 N–H and O–H groups in total. The maximum atomic E-state index is 5.55. The normalized spacial score (nSPS) is 19.5. The summed E-state index contributed by atoms with van der Waals surface area (Å²) in [7, 11) is 0. The Labute approximate surface area is 111 Å². The summed E-state index contributed by atoms with van der Waals surface area (Å²) in [6.45, 7) is 3.76. The molecule has 1 aliphatic rings. The average Bonchev–Trinajstić information content (AvgIpc) is 2.98. The van der Waals surface area contributed by atoms with Gasteiger partial charge >= 0.3 is 0 Å². The van der Waals surface area contributed by atoms with Gasteiger partial charge in [-0.2, -0.15) is 4.98 Å². The fraction of sp³-hybridized carbons (Fsp3) is 0.429. The minimum absolute atomic E-state index is 0.246. The molecule has 100 valence electrons. The fourth-order valence-corrected chi connectivity index (χ4v) is 2.15. The molecule has 0 saturated carbocycles. The van der Waals surface area contributed by atoms with Crippen LogP contribution in [0.5, 0.6) is 0 Å². The van der Waals surface area contributed by atoms with Gasteiger partial charge in [0.1, 0.15) is 0 Å². The molecule has 0 unspecified atom stereocenters. The van der Waals surface area contributed by atoms with E-state index in [0.717, 1.165) is 12.0 Å². The largest absolute Gasteiger partial charge is 0.376 e. The summed E-state index contributed by atoms with van der Waals surface area (Å²) in [5, 5.41) is 4.05. The van der Waals surface area contributed by atoms with Gasteiger partial charge in [0.2, 0.25) is 5.82 Å². The highest BCUT2D eigenvalue weighted by Crippen LogP contribution is 2.25. The second-order valence-electron chi connectivity index (χ2n) is 4.40. The molecule has 1 fully saturated rings. The number of aromatic nitrogens is 2. The Morgan fingerprint density at radius 1 is 1.26 bits per heavy atom. The van der Waals surface area contributed by atoms with Crippen LogP contribution in [0.4, 0.5) is 0 Å². The summed E-state index contributed by atoms with van der Waals surface area (Å²) >= 11 is 0. The molecule has 5 heteroatoms. The fourth-order valence-electron chi connectivity index (χ4n) is 2.15. The Morgan fingerprint density at radius 2 is 2.16 bits per heavy atom. The first-order valence-corrected chi connectivity index (χ1v) is 6.49. The Hall–Kier alpha value is -1.72. The number of nitrogens with zero attached hydrogens (tertiary/aromatic N) is 2. The minimum atomic E-state index is -0.246. The van der Waals surface area contributed by atoms with E-state index >= 15 is 0 Å². The zero-order chi connectivity index (χ0) is 13.1. The highest BCUT2D eigenvalue weighted by molar-refractivity contribution is 5.59. The minimum Gasteiger partial charge on any atom is -0.376 e. The summed E-state index contributed by atoms with van der Waals surface area (Å²) in [6, 6.07) is 8.07. The van der Waals surface area contributed by atoms with Gasteiger partial charge < -0.3 is 14.0 Å². The van der Waals surface area contributed by atoms with E-state index < -0.39 is 0 Å². The van der Waals surface area contributed by atoms with Crippen molar-refractivity contribution in [2.45, 2.75) is 19.4 Å². The van der Waals surface area contributed by atoms with Gasteiger partial charge in [0, 0.05) is 5.56 Å². The lowest BCUT2D eigenvalue weighted by Gasteiger charge is -2.19. The van der Waals surface area contributed by atoms with Crippen LogP contribution in [0.15, 0.2) is 28.8 Å². The van der Waals surface area contributed by atoms with Gasteiger partial charge in [-0.15, -0.1) is 0 Å². The zero-order valence-electron chi connectivity index (χ0n) is 10.8. The third kappa shape index (κ3) is 2.52. The van der Waals surface area contributed by atoms with E-state index in [0.29, 0.717) is 31.5 Å². The standard InChI is InChI=1S/C14H16N2O3/c1-2-10-5-3-4-6-11(10)13-15-14(19-16-13)12-9-17-7-8-18-12/h3-6,12H,2,7-9H2,1H3/t12-/m0/s1. The molecule has 0 bridgehead atoms. The van der Waals surface area contributed by atoms with Crippen LogP contribution in [-0.2, 0) is 15.9 Å². The molecule has 1 saturated heterocycles. The van der Waals surface area contributed by atoms with Gasteiger partial charge in [-0.3, -0.25) is 0 Å². The number of hydrogen-bond acceptors (Lipinski definition) is 5. The van der Waals surface area contributed by atoms with Crippen molar-refractivity contribution in [1.82, 2.24) is 10.1 Å². The highest BCUT2D eigenvalue weighted by Gasteiger charge is 2.23. The smallest absolute Gasteiger partial charge is 0.258 e. The van der Waals surface area contributed by atoms with E-state index in [1.807, 2.05) is 18.2 Å². The molecule has 19 heavy (non-hydrogen) atoms. The second kappa shape index (κ2) is 5.50. The lowest BCUT2D eigenvalue weighted by Crippen LogP contribution is -2.22. The molecule has 2 aromatic rings. The van der Waals surface area contributed by atoms with Crippen LogP contribution in [0.25, 0.3) is 11.4 Å². The van der Waals surface area contributed by atoms with Crippen LogP contribution in [0.1, 0.15) is 24.5 Å². The first-order valence-electron chi connectivity index (χ1n) is 6.49. The first kappa shape index (κ1) is 12.3. The number of ether oxygens (including phenoxy) is 2. The van der Waals surface area contributed by atoms with Gasteiger partial charge in [-0.25, -0.2) is 0 Å². The topological polar surface area (TPSA) is 57.4 Å². The summed E-state index contributed by atoms with van der Waals surface area (Å²) in [5.41, 5.74) is 2.22. The van der Waals surface area contributed by atoms with Crippen LogP contribution >= 0.6 is 0 Å². The van der Waals surface area contributed by atoms with Crippen LogP contribution in [0.3, 0.4) is 0 Å². The third-order valence-electron chi connectivity index (χ3n) is 3.17. The molecule has 1 aromatic heterocycles. The van der Waals surface area contributed by atoms with E-state index in [1.54, 1.807) is 0 Å². The van der Waals surface area contributed by atoms with Gasteiger partial charge in [0.05, 0.1) is 19.8 Å². The third-order valence-corrected chi connectivity index (χ3v) is 3.17. The number of hydrogen-bond donors (Lipinski definition) is 0. The van der Waals surface area contributed by atoms with E-state index in [-0.39, 0.29) is 6.10 Å². The predicted octanol–water partition coefficient (Wildman–Crippen LogP) is 2.39. The van der Waals surface area contributed by atoms with Crippen LogP contribution in [0, 0.1) is 0 Å². The SMILES string of the molecule is CCc1ccccc1-c1noc([C@@H]2COCCO2)n1. The summed E-state index contributed by atoms with van der Waals surface area (Å²) in [5.74, 6) is 1.10. The molecule has 1 atom stereocenters. The summed E-state index contributed by atoms with van der Waals surface area (Å²) in [4.78, 5) is 4.43. The summed E-state index contributed by atoms with van der Waals surface area (Å²) < 4.78 is 16.2. The molecular formula is C14H16N2O3. The Balaban J connectivity index is 1.88. The molecule has 0 radical (unpaired) electrons. The second-order valence-corrected chi connectivity index (χ2v) is 4.40. The molecule has 1 aromatic carbocycles. The maximum absolute atomic E-state index is 5.55. The molecule has 2 heterocycles. The monoisotopic (exact) mass is 260 g/mol. The Kier molecular flexibility index (Phi) is 3.57. The number of benzene rings is 1. The lowest BCUT2D eigenvalue weighted by atomic mass is 10.1. The van der Waals surface area contributed by atoms with E-state index in [4.69, 9.17) is 14.0 Å². The molecule has 0 spiro atoms. The molecule has 1 aliphatic heterocycles. The van der Waals surface area contributed by atoms with Crippen molar-refractivity contribution in [3.8, 4) is 11.4 Å². The van der Waals surface area contributed by atoms with Crippen molar-refractivity contribution in [3.05, 3.63) is 35.7 Å². The van der Waals surface area contributed by atoms with E-state index in [9.17, 15) is 0 Å². The quantitative estimate of drug-likeness (QED) is 0.848. The van der Waals surface area contributed by atoms with Crippen molar-refractivity contribution in [3.63, 3.8) is 0 Å². The molecule has 0 aliphatic carbocycles. The van der Waals surface area contributed by atoms with Crippen molar-refractivity contribution in [2.75, 3.05) is 19.8 Å². The molecular weight excluding hydrogens is 244 g/mol. The van der Waals surface area contributed by atoms with Crippen LogP contribution in [0.2, 0.25) is 0 Å². The Bertz CT molecular complexity index is 547. The van der Waals surface area contributed by atoms with Crippen molar-refractivity contribution < 1.29 is 14.0 Å².